The van der Waals surface area contributed by atoms with Crippen molar-refractivity contribution in [3.05, 3.63) is 0 Å². The molecule has 3 atom stereocenters. The molecule has 1 heterocycles. The van der Waals surface area contributed by atoms with Crippen LogP contribution in [0.15, 0.2) is 0 Å². The Labute approximate surface area is 129 Å². The number of hydrogen-bond acceptors (Lipinski definition) is 2. The van der Waals surface area contributed by atoms with Gasteiger partial charge in [-0.3, -0.25) is 4.79 Å². The highest BCUT2D eigenvalue weighted by atomic mass is 16.1. The van der Waals surface area contributed by atoms with Gasteiger partial charge in [0.2, 0.25) is 5.91 Å². The number of nitrogens with one attached hydrogen (secondary N) is 2. The summed E-state index contributed by atoms with van der Waals surface area (Å²) in [5.74, 6) is 2.48. The zero-order valence-electron chi connectivity index (χ0n) is 14.2. The lowest BCUT2D eigenvalue weighted by Gasteiger charge is -2.46. The van der Waals surface area contributed by atoms with E-state index in [4.69, 9.17) is 0 Å². The van der Waals surface area contributed by atoms with Crippen molar-refractivity contribution in [3.8, 4) is 0 Å². The highest BCUT2D eigenvalue weighted by Gasteiger charge is 2.41. The molecular formula is C18H32N2O. The Morgan fingerprint density at radius 3 is 2.29 bits per heavy atom. The zero-order chi connectivity index (χ0) is 15.3. The van der Waals surface area contributed by atoms with E-state index in [1.165, 1.54) is 25.7 Å². The van der Waals surface area contributed by atoms with Gasteiger partial charge in [-0.15, -0.1) is 0 Å². The van der Waals surface area contributed by atoms with Gasteiger partial charge in [-0.2, -0.15) is 0 Å². The molecule has 2 bridgehead atoms. The third-order valence-corrected chi connectivity index (χ3v) is 5.83. The fourth-order valence-corrected chi connectivity index (χ4v) is 5.63. The number of amides is 1. The third kappa shape index (κ3) is 3.61. The number of piperidine rings is 1. The summed E-state index contributed by atoms with van der Waals surface area (Å²) in [6.45, 7) is 9.03. The van der Waals surface area contributed by atoms with Crippen molar-refractivity contribution in [2.24, 2.45) is 17.8 Å². The minimum Gasteiger partial charge on any atom is -0.353 e. The van der Waals surface area contributed by atoms with Gasteiger partial charge in [-0.1, -0.05) is 6.42 Å². The highest BCUT2D eigenvalue weighted by molar-refractivity contribution is 5.76. The Morgan fingerprint density at radius 1 is 1.10 bits per heavy atom. The molecule has 120 valence electrons. The number of hydrogen-bond donors (Lipinski definition) is 2. The number of carbonyl (C=O) groups is 1. The summed E-state index contributed by atoms with van der Waals surface area (Å²) in [6.07, 6.45) is 8.23. The fourth-order valence-electron chi connectivity index (χ4n) is 5.63. The Bertz CT molecular complexity index is 399. The van der Waals surface area contributed by atoms with Gasteiger partial charge in [0, 0.05) is 23.5 Å². The van der Waals surface area contributed by atoms with Crippen LogP contribution in [0.1, 0.15) is 72.6 Å². The second kappa shape index (κ2) is 5.26. The molecule has 2 N–H and O–H groups in total. The van der Waals surface area contributed by atoms with E-state index in [1.807, 2.05) is 0 Å². The molecule has 3 nitrogen and oxygen atoms in total. The van der Waals surface area contributed by atoms with Crippen LogP contribution in [0.2, 0.25) is 0 Å². The predicted octanol–water partition coefficient (Wildman–Crippen LogP) is 3.24. The monoisotopic (exact) mass is 292 g/mol. The van der Waals surface area contributed by atoms with Crippen molar-refractivity contribution in [1.82, 2.24) is 10.6 Å². The molecular weight excluding hydrogens is 260 g/mol. The molecule has 3 heteroatoms. The summed E-state index contributed by atoms with van der Waals surface area (Å²) in [6, 6.07) is 0.485. The van der Waals surface area contributed by atoms with Gasteiger partial charge in [0.1, 0.15) is 0 Å². The number of fused-ring (bicyclic) bond motifs is 2. The van der Waals surface area contributed by atoms with Crippen LogP contribution in [0.5, 0.6) is 0 Å². The summed E-state index contributed by atoms with van der Waals surface area (Å²) in [7, 11) is 0. The Hall–Kier alpha value is -0.570. The van der Waals surface area contributed by atoms with E-state index >= 15 is 0 Å². The van der Waals surface area contributed by atoms with Crippen molar-refractivity contribution in [2.75, 3.05) is 0 Å². The van der Waals surface area contributed by atoms with Crippen molar-refractivity contribution in [3.63, 3.8) is 0 Å². The third-order valence-electron chi connectivity index (χ3n) is 5.83. The van der Waals surface area contributed by atoms with E-state index in [0.717, 1.165) is 24.7 Å². The number of rotatable bonds is 3. The van der Waals surface area contributed by atoms with E-state index < -0.39 is 0 Å². The first kappa shape index (κ1) is 15.3. The maximum atomic E-state index is 12.4. The molecule has 2 saturated carbocycles. The van der Waals surface area contributed by atoms with Crippen LogP contribution >= 0.6 is 0 Å². The van der Waals surface area contributed by atoms with Gasteiger partial charge in [-0.05, 0) is 77.6 Å². The molecule has 2 aliphatic carbocycles. The fraction of sp³-hybridized carbons (Fsp3) is 0.944. The molecule has 0 radical (unpaired) electrons. The zero-order valence-corrected chi connectivity index (χ0v) is 14.2. The lowest BCUT2D eigenvalue weighted by molar-refractivity contribution is -0.123. The smallest absolute Gasteiger partial charge is 0.220 e. The van der Waals surface area contributed by atoms with Gasteiger partial charge in [-0.25, -0.2) is 0 Å². The average Bonchev–Trinajstić information content (AvgIpc) is 2.85. The molecule has 3 fully saturated rings. The van der Waals surface area contributed by atoms with Crippen molar-refractivity contribution < 1.29 is 4.79 Å². The van der Waals surface area contributed by atoms with Crippen LogP contribution < -0.4 is 10.6 Å². The lowest BCUT2D eigenvalue weighted by atomic mass is 9.74. The van der Waals surface area contributed by atoms with E-state index in [1.54, 1.807) is 0 Å². The van der Waals surface area contributed by atoms with Crippen LogP contribution in [0, 0.1) is 17.8 Å². The Kier molecular flexibility index (Phi) is 3.84. The van der Waals surface area contributed by atoms with Crippen LogP contribution in [-0.4, -0.2) is 23.0 Å². The maximum Gasteiger partial charge on any atom is 0.220 e. The van der Waals surface area contributed by atoms with Gasteiger partial charge in [0.05, 0.1) is 0 Å². The van der Waals surface area contributed by atoms with E-state index in [9.17, 15) is 4.79 Å². The molecule has 1 saturated heterocycles. The molecule has 0 aromatic carbocycles. The summed E-state index contributed by atoms with van der Waals surface area (Å²) in [5.41, 5.74) is 0.276. The second-order valence-electron chi connectivity index (χ2n) is 9.22. The Balaban J connectivity index is 1.52. The van der Waals surface area contributed by atoms with Gasteiger partial charge in [0.25, 0.3) is 0 Å². The Morgan fingerprint density at radius 2 is 1.76 bits per heavy atom. The van der Waals surface area contributed by atoms with E-state index in [0.29, 0.717) is 24.3 Å². The van der Waals surface area contributed by atoms with Gasteiger partial charge < -0.3 is 10.6 Å². The molecule has 1 amide bonds. The minimum atomic E-state index is 0.138. The largest absolute Gasteiger partial charge is 0.353 e. The average molecular weight is 292 g/mol. The van der Waals surface area contributed by atoms with Gasteiger partial charge >= 0.3 is 0 Å². The molecule has 3 rings (SSSR count). The molecule has 0 unspecified atom stereocenters. The number of carbonyl (C=O) groups excluding carboxylic acids is 1. The quantitative estimate of drug-likeness (QED) is 0.838. The van der Waals surface area contributed by atoms with Crippen molar-refractivity contribution >= 4 is 5.91 Å². The summed E-state index contributed by atoms with van der Waals surface area (Å²) >= 11 is 0. The topological polar surface area (TPSA) is 41.1 Å². The van der Waals surface area contributed by atoms with Gasteiger partial charge in [0.15, 0.2) is 0 Å². The van der Waals surface area contributed by atoms with Crippen LogP contribution in [-0.2, 0) is 4.79 Å². The molecule has 21 heavy (non-hydrogen) atoms. The molecule has 0 aromatic heterocycles. The van der Waals surface area contributed by atoms with Crippen LogP contribution in [0.25, 0.3) is 0 Å². The van der Waals surface area contributed by atoms with Crippen LogP contribution in [0.3, 0.4) is 0 Å². The standard InChI is InChI=1S/C18H32N2O/c1-17(2)10-13(11-18(3,4)20-17)9-16(21)19-15-8-12-5-6-14(15)7-12/h12-15,20H,5-11H2,1-4H3,(H,19,21)/t12-,14+,15-/m1/s1. The SMILES string of the molecule is CC1(C)CC(CC(=O)N[C@@H]2C[C@@H]3CC[C@H]2C3)CC(C)(C)N1. The normalized spacial score (nSPS) is 37.6. The summed E-state index contributed by atoms with van der Waals surface area (Å²) in [5, 5.41) is 7.05. The molecule has 0 aromatic rings. The first-order chi connectivity index (χ1) is 9.72. The predicted molar refractivity (Wildman–Crippen MR) is 86.0 cm³/mol. The maximum absolute atomic E-state index is 12.4. The minimum absolute atomic E-state index is 0.138. The first-order valence-electron chi connectivity index (χ1n) is 8.81. The molecule has 1 aliphatic heterocycles. The summed E-state index contributed by atoms with van der Waals surface area (Å²) < 4.78 is 0. The van der Waals surface area contributed by atoms with Crippen molar-refractivity contribution in [2.45, 2.75) is 89.8 Å². The summed E-state index contributed by atoms with van der Waals surface area (Å²) in [4.78, 5) is 12.4. The first-order valence-corrected chi connectivity index (χ1v) is 8.81. The van der Waals surface area contributed by atoms with E-state index in [2.05, 4.69) is 38.3 Å². The molecule has 0 spiro atoms. The lowest BCUT2D eigenvalue weighted by Crippen LogP contribution is -2.58. The van der Waals surface area contributed by atoms with E-state index in [-0.39, 0.29) is 11.1 Å². The van der Waals surface area contributed by atoms with Crippen molar-refractivity contribution in [1.29, 1.82) is 0 Å². The highest BCUT2D eigenvalue weighted by Crippen LogP contribution is 2.44. The molecule has 3 aliphatic rings. The second-order valence-corrected chi connectivity index (χ2v) is 9.22. The van der Waals surface area contributed by atoms with Crippen LogP contribution in [0.4, 0.5) is 0 Å².